The molecule has 25 heavy (non-hydrogen) atoms. The number of nitrogens with zero attached hydrogens (tertiary/aromatic N) is 3. The van der Waals surface area contributed by atoms with E-state index in [9.17, 15) is 8.78 Å². The maximum atomic E-state index is 13.5. The quantitative estimate of drug-likeness (QED) is 0.472. The molecular formula is C18H21F2N3OSi. The highest BCUT2D eigenvalue weighted by Gasteiger charge is 2.14. The van der Waals surface area contributed by atoms with Crippen molar-refractivity contribution in [1.29, 1.82) is 0 Å². The highest BCUT2D eigenvalue weighted by atomic mass is 28.3. The summed E-state index contributed by atoms with van der Waals surface area (Å²) in [6.07, 6.45) is 3.26. The molecule has 132 valence electrons. The van der Waals surface area contributed by atoms with Crippen LogP contribution in [0.2, 0.25) is 25.7 Å². The molecule has 0 bridgehead atoms. The second-order valence-corrected chi connectivity index (χ2v) is 12.9. The van der Waals surface area contributed by atoms with Crippen molar-refractivity contribution in [2.24, 2.45) is 0 Å². The molecule has 0 aliphatic heterocycles. The van der Waals surface area contributed by atoms with E-state index < -0.39 is 19.7 Å². The summed E-state index contributed by atoms with van der Waals surface area (Å²) in [5.41, 5.74) is 1.58. The molecule has 0 N–H and O–H groups in total. The molecule has 4 nitrogen and oxygen atoms in total. The molecule has 1 aromatic carbocycles. The zero-order valence-corrected chi connectivity index (χ0v) is 15.6. The van der Waals surface area contributed by atoms with E-state index in [0.717, 1.165) is 17.5 Å². The first-order valence-electron chi connectivity index (χ1n) is 8.17. The number of rotatable bonds is 6. The summed E-state index contributed by atoms with van der Waals surface area (Å²) in [7, 11) is -1.13. The number of hydrogen-bond donors (Lipinski definition) is 0. The van der Waals surface area contributed by atoms with E-state index >= 15 is 0 Å². The van der Waals surface area contributed by atoms with E-state index in [-0.39, 0.29) is 0 Å². The van der Waals surface area contributed by atoms with Gasteiger partial charge in [0.05, 0.1) is 5.69 Å². The van der Waals surface area contributed by atoms with Crippen LogP contribution in [-0.4, -0.2) is 29.2 Å². The van der Waals surface area contributed by atoms with Crippen LogP contribution in [0.4, 0.5) is 8.78 Å². The first-order valence-corrected chi connectivity index (χ1v) is 11.9. The molecule has 3 aromatic rings. The smallest absolute Gasteiger partial charge is 0.145 e. The summed E-state index contributed by atoms with van der Waals surface area (Å²) in [5, 5.41) is 0.737. The third kappa shape index (κ3) is 4.29. The molecule has 0 aliphatic rings. The van der Waals surface area contributed by atoms with Gasteiger partial charge in [0.25, 0.3) is 0 Å². The van der Waals surface area contributed by atoms with Gasteiger partial charge < -0.3 is 9.30 Å². The van der Waals surface area contributed by atoms with Gasteiger partial charge in [-0.2, -0.15) is 0 Å². The topological polar surface area (TPSA) is 39.9 Å². The predicted octanol–water partition coefficient (Wildman–Crippen LogP) is 4.69. The normalized spacial score (nSPS) is 12.0. The number of hydrogen-bond acceptors (Lipinski definition) is 3. The molecule has 0 saturated carbocycles. The maximum Gasteiger partial charge on any atom is 0.145 e. The Kier molecular flexibility index (Phi) is 4.96. The van der Waals surface area contributed by atoms with E-state index in [0.29, 0.717) is 30.2 Å². The van der Waals surface area contributed by atoms with Crippen LogP contribution in [0.5, 0.6) is 0 Å². The van der Waals surface area contributed by atoms with Crippen LogP contribution in [0, 0.1) is 11.6 Å². The van der Waals surface area contributed by atoms with Gasteiger partial charge in [-0.25, -0.2) is 18.7 Å². The Balaban J connectivity index is 1.85. The summed E-state index contributed by atoms with van der Waals surface area (Å²) >= 11 is 0. The van der Waals surface area contributed by atoms with Crippen LogP contribution < -0.4 is 0 Å². The summed E-state index contributed by atoms with van der Waals surface area (Å²) < 4.78 is 34.7. The molecule has 0 atom stereocenters. The Morgan fingerprint density at radius 2 is 1.80 bits per heavy atom. The average molecular weight is 361 g/mol. The standard InChI is InChI=1S/C18H21F2N3OSi/c1-25(2,3)7-6-24-12-23-5-4-16-17(21-11-22-18(16)23)13-8-14(19)10-15(20)9-13/h4-5,8-11H,6-7,12H2,1-3H3. The summed E-state index contributed by atoms with van der Waals surface area (Å²) in [4.78, 5) is 8.50. The summed E-state index contributed by atoms with van der Waals surface area (Å²) in [6.45, 7) is 8.02. The van der Waals surface area contributed by atoms with Gasteiger partial charge in [0.1, 0.15) is 30.3 Å². The van der Waals surface area contributed by atoms with Crippen molar-refractivity contribution in [3.63, 3.8) is 0 Å². The molecule has 0 unspecified atom stereocenters. The Labute approximate surface area is 146 Å². The fourth-order valence-electron chi connectivity index (χ4n) is 2.57. The maximum absolute atomic E-state index is 13.5. The van der Waals surface area contributed by atoms with Crippen LogP contribution in [0.1, 0.15) is 0 Å². The Bertz CT molecular complexity index is 869. The zero-order valence-electron chi connectivity index (χ0n) is 14.6. The molecule has 0 aliphatic carbocycles. The van der Waals surface area contributed by atoms with Gasteiger partial charge in [-0.15, -0.1) is 0 Å². The van der Waals surface area contributed by atoms with E-state index in [4.69, 9.17) is 4.74 Å². The van der Waals surface area contributed by atoms with E-state index in [2.05, 4.69) is 29.6 Å². The molecule has 0 spiro atoms. The Hall–Kier alpha value is -2.12. The lowest BCUT2D eigenvalue weighted by Crippen LogP contribution is -2.22. The van der Waals surface area contributed by atoms with E-state index in [1.807, 2.05) is 16.8 Å². The molecule has 3 rings (SSSR count). The molecule has 0 radical (unpaired) electrons. The SMILES string of the molecule is C[Si](C)(C)CCOCn1ccc2c(-c3cc(F)cc(F)c3)ncnc21. The third-order valence-electron chi connectivity index (χ3n) is 3.92. The lowest BCUT2D eigenvalue weighted by atomic mass is 10.1. The van der Waals surface area contributed by atoms with Crippen molar-refractivity contribution in [2.75, 3.05) is 6.61 Å². The van der Waals surface area contributed by atoms with Gasteiger partial charge in [0.2, 0.25) is 0 Å². The minimum Gasteiger partial charge on any atom is -0.361 e. The van der Waals surface area contributed by atoms with Crippen molar-refractivity contribution in [2.45, 2.75) is 32.4 Å². The first-order chi connectivity index (χ1) is 11.8. The molecule has 7 heteroatoms. The van der Waals surface area contributed by atoms with Gasteiger partial charge in [0, 0.05) is 37.9 Å². The minimum atomic E-state index is -1.13. The Morgan fingerprint density at radius 3 is 2.48 bits per heavy atom. The van der Waals surface area contributed by atoms with Gasteiger partial charge in [-0.05, 0) is 24.2 Å². The van der Waals surface area contributed by atoms with Crippen LogP contribution in [0.25, 0.3) is 22.3 Å². The van der Waals surface area contributed by atoms with Crippen molar-refractivity contribution in [3.05, 3.63) is 48.4 Å². The van der Waals surface area contributed by atoms with Crippen molar-refractivity contribution < 1.29 is 13.5 Å². The molecule has 2 aromatic heterocycles. The van der Waals surface area contributed by atoms with Crippen LogP contribution >= 0.6 is 0 Å². The highest BCUT2D eigenvalue weighted by Crippen LogP contribution is 2.27. The molecule has 2 heterocycles. The molecular weight excluding hydrogens is 340 g/mol. The number of fused-ring (bicyclic) bond motifs is 1. The fourth-order valence-corrected chi connectivity index (χ4v) is 3.33. The van der Waals surface area contributed by atoms with Gasteiger partial charge in [-0.1, -0.05) is 19.6 Å². The minimum absolute atomic E-state index is 0.391. The lowest BCUT2D eigenvalue weighted by molar-refractivity contribution is 0.0899. The van der Waals surface area contributed by atoms with E-state index in [1.54, 1.807) is 0 Å². The van der Waals surface area contributed by atoms with Crippen LogP contribution in [0.3, 0.4) is 0 Å². The van der Waals surface area contributed by atoms with Crippen molar-refractivity contribution in [1.82, 2.24) is 14.5 Å². The van der Waals surface area contributed by atoms with Gasteiger partial charge in [0.15, 0.2) is 0 Å². The number of halogens is 2. The van der Waals surface area contributed by atoms with Crippen molar-refractivity contribution >= 4 is 19.1 Å². The van der Waals surface area contributed by atoms with Crippen LogP contribution in [0.15, 0.2) is 36.8 Å². The summed E-state index contributed by atoms with van der Waals surface area (Å²) in [6, 6.07) is 6.32. The van der Waals surface area contributed by atoms with Crippen LogP contribution in [-0.2, 0) is 11.5 Å². The molecule has 0 saturated heterocycles. The van der Waals surface area contributed by atoms with Gasteiger partial charge in [-0.3, -0.25) is 0 Å². The number of aromatic nitrogens is 3. The lowest BCUT2D eigenvalue weighted by Gasteiger charge is -2.15. The second kappa shape index (κ2) is 7.01. The Morgan fingerprint density at radius 1 is 1.08 bits per heavy atom. The highest BCUT2D eigenvalue weighted by molar-refractivity contribution is 6.76. The zero-order chi connectivity index (χ0) is 18.0. The largest absolute Gasteiger partial charge is 0.361 e. The predicted molar refractivity (Wildman–Crippen MR) is 97.0 cm³/mol. The van der Waals surface area contributed by atoms with Crippen molar-refractivity contribution in [3.8, 4) is 11.3 Å². The van der Waals surface area contributed by atoms with E-state index in [1.165, 1.54) is 18.5 Å². The monoisotopic (exact) mass is 361 g/mol. The number of benzene rings is 1. The summed E-state index contributed by atoms with van der Waals surface area (Å²) in [5.74, 6) is -1.26. The van der Waals surface area contributed by atoms with Gasteiger partial charge >= 0.3 is 0 Å². The molecule has 0 fully saturated rings. The average Bonchev–Trinajstić information content (AvgIpc) is 2.93. The molecule has 0 amide bonds. The fraction of sp³-hybridized carbons (Fsp3) is 0.333. The second-order valence-electron chi connectivity index (χ2n) is 7.25. The number of ether oxygens (including phenoxy) is 1. The first kappa shape index (κ1) is 17.7. The third-order valence-corrected chi connectivity index (χ3v) is 5.62.